The maximum atomic E-state index is 13.5. The van der Waals surface area contributed by atoms with Gasteiger partial charge in [-0.25, -0.2) is 17.8 Å². The number of fused-ring (bicyclic) bond motifs is 3. The van der Waals surface area contributed by atoms with Crippen LogP contribution >= 0.6 is 0 Å². The van der Waals surface area contributed by atoms with Gasteiger partial charge in [-0.15, -0.1) is 0 Å². The number of anilines is 1. The first kappa shape index (κ1) is 20.2. The van der Waals surface area contributed by atoms with Crippen LogP contribution in [0, 0.1) is 11.7 Å². The van der Waals surface area contributed by atoms with E-state index < -0.39 is 21.7 Å². The number of carbonyl (C=O) groups is 1. The van der Waals surface area contributed by atoms with E-state index in [0.717, 1.165) is 0 Å². The molecule has 1 amide bonds. The molecule has 156 valence electrons. The lowest BCUT2D eigenvalue weighted by Gasteiger charge is -2.22. The van der Waals surface area contributed by atoms with Crippen LogP contribution in [-0.2, 0) is 16.6 Å². The van der Waals surface area contributed by atoms with Gasteiger partial charge in [0.1, 0.15) is 17.0 Å². The Kier molecular flexibility index (Phi) is 5.17. The number of rotatable bonds is 4. The molecule has 0 bridgehead atoms. The topological polar surface area (TPSA) is 84.3 Å². The normalized spacial score (nSPS) is 15.3. The molecule has 0 radical (unpaired) electrons. The quantitative estimate of drug-likeness (QED) is 0.690. The standard InChI is InChI=1S/C21H21FN4O3S/c1-14(2)11-25-12-18-20(21(27)24-16-7-5-6-15(22)10-16)23-13-26(18)17-8-3-4-9-19(17)30(25,28)29/h3-10,13-14H,11-12H2,1-2H3,(H,24,27). The fourth-order valence-corrected chi connectivity index (χ4v) is 5.26. The lowest BCUT2D eigenvalue weighted by molar-refractivity contribution is 0.102. The Morgan fingerprint density at radius 1 is 1.20 bits per heavy atom. The number of hydrogen-bond donors (Lipinski definition) is 1. The molecule has 0 spiro atoms. The van der Waals surface area contributed by atoms with Crippen molar-refractivity contribution in [3.63, 3.8) is 0 Å². The summed E-state index contributed by atoms with van der Waals surface area (Å²) in [5.41, 5.74) is 1.29. The molecule has 0 saturated heterocycles. The van der Waals surface area contributed by atoms with E-state index in [2.05, 4.69) is 10.3 Å². The van der Waals surface area contributed by atoms with Crippen molar-refractivity contribution in [2.24, 2.45) is 5.92 Å². The zero-order valence-corrected chi connectivity index (χ0v) is 17.4. The van der Waals surface area contributed by atoms with Gasteiger partial charge in [0.15, 0.2) is 5.69 Å². The molecular formula is C21H21FN4O3S. The SMILES string of the molecule is CC(C)CN1Cc2c(C(=O)Nc3cccc(F)c3)ncn2-c2ccccc2S1(=O)=O. The number of amides is 1. The summed E-state index contributed by atoms with van der Waals surface area (Å²) < 4.78 is 43.0. The van der Waals surface area contributed by atoms with Gasteiger partial charge in [-0.3, -0.25) is 9.36 Å². The Bertz CT molecular complexity index is 1220. The van der Waals surface area contributed by atoms with Gasteiger partial charge < -0.3 is 5.32 Å². The third-order valence-electron chi connectivity index (χ3n) is 4.80. The van der Waals surface area contributed by atoms with Crippen LogP contribution in [0.25, 0.3) is 5.69 Å². The first-order chi connectivity index (χ1) is 14.3. The largest absolute Gasteiger partial charge is 0.320 e. The average molecular weight is 428 g/mol. The fraction of sp³-hybridized carbons (Fsp3) is 0.238. The highest BCUT2D eigenvalue weighted by atomic mass is 32.2. The number of hydrogen-bond acceptors (Lipinski definition) is 4. The van der Waals surface area contributed by atoms with E-state index in [1.807, 2.05) is 13.8 Å². The number of imidazole rings is 1. The number of halogens is 1. The first-order valence-electron chi connectivity index (χ1n) is 9.50. The second-order valence-corrected chi connectivity index (χ2v) is 9.44. The molecule has 1 aromatic heterocycles. The van der Waals surface area contributed by atoms with Crippen LogP contribution in [0.1, 0.15) is 30.0 Å². The molecule has 3 aromatic rings. The minimum absolute atomic E-state index is 0.00109. The molecule has 2 aromatic carbocycles. The van der Waals surface area contributed by atoms with E-state index in [4.69, 9.17) is 0 Å². The second kappa shape index (κ2) is 7.66. The van der Waals surface area contributed by atoms with E-state index in [9.17, 15) is 17.6 Å². The smallest absolute Gasteiger partial charge is 0.276 e. The number of nitrogens with one attached hydrogen (secondary N) is 1. The van der Waals surface area contributed by atoms with E-state index in [1.165, 1.54) is 28.8 Å². The fourth-order valence-electron chi connectivity index (χ4n) is 3.51. The summed E-state index contributed by atoms with van der Waals surface area (Å²) in [5.74, 6) is -0.916. The molecule has 9 heteroatoms. The van der Waals surface area contributed by atoms with Crippen molar-refractivity contribution in [1.82, 2.24) is 13.9 Å². The summed E-state index contributed by atoms with van der Waals surface area (Å²) in [6.07, 6.45) is 1.45. The molecule has 1 aliphatic heterocycles. The molecule has 0 fully saturated rings. The maximum Gasteiger partial charge on any atom is 0.276 e. The van der Waals surface area contributed by atoms with Crippen molar-refractivity contribution >= 4 is 21.6 Å². The number of aromatic nitrogens is 2. The molecule has 0 atom stereocenters. The summed E-state index contributed by atoms with van der Waals surface area (Å²) in [4.78, 5) is 17.3. The maximum absolute atomic E-state index is 13.5. The van der Waals surface area contributed by atoms with Gasteiger partial charge in [0, 0.05) is 12.2 Å². The molecule has 1 N–H and O–H groups in total. The van der Waals surface area contributed by atoms with Crippen molar-refractivity contribution in [3.05, 3.63) is 72.1 Å². The molecule has 4 rings (SSSR count). The van der Waals surface area contributed by atoms with Crippen LogP contribution in [0.4, 0.5) is 10.1 Å². The van der Waals surface area contributed by atoms with Gasteiger partial charge in [-0.05, 0) is 36.2 Å². The minimum Gasteiger partial charge on any atom is -0.320 e. The van der Waals surface area contributed by atoms with Gasteiger partial charge in [0.2, 0.25) is 10.0 Å². The zero-order valence-electron chi connectivity index (χ0n) is 16.5. The molecule has 7 nitrogen and oxygen atoms in total. The number of carbonyl (C=O) groups excluding carboxylic acids is 1. The number of benzene rings is 2. The molecule has 1 aliphatic rings. The highest BCUT2D eigenvalue weighted by molar-refractivity contribution is 7.89. The van der Waals surface area contributed by atoms with Crippen molar-refractivity contribution < 1.29 is 17.6 Å². The molecular weight excluding hydrogens is 407 g/mol. The summed E-state index contributed by atoms with van der Waals surface area (Å²) in [5, 5.41) is 2.63. The van der Waals surface area contributed by atoms with Crippen LogP contribution in [0.2, 0.25) is 0 Å². The summed E-state index contributed by atoms with van der Waals surface area (Å²) >= 11 is 0. The summed E-state index contributed by atoms with van der Waals surface area (Å²) in [6.45, 7) is 4.16. The van der Waals surface area contributed by atoms with Gasteiger partial charge in [-0.2, -0.15) is 4.31 Å². The van der Waals surface area contributed by atoms with Gasteiger partial charge in [0.05, 0.1) is 17.9 Å². The van der Waals surface area contributed by atoms with Crippen molar-refractivity contribution in [2.45, 2.75) is 25.3 Å². The second-order valence-electron chi connectivity index (χ2n) is 7.53. The molecule has 0 unspecified atom stereocenters. The minimum atomic E-state index is -3.76. The Balaban J connectivity index is 1.80. The van der Waals surface area contributed by atoms with E-state index >= 15 is 0 Å². The number of para-hydroxylation sites is 1. The molecule has 0 aliphatic carbocycles. The Morgan fingerprint density at radius 2 is 1.97 bits per heavy atom. The van der Waals surface area contributed by atoms with Crippen molar-refractivity contribution in [2.75, 3.05) is 11.9 Å². The van der Waals surface area contributed by atoms with Gasteiger partial charge in [0.25, 0.3) is 5.91 Å². The Hall–Kier alpha value is -3.04. The van der Waals surface area contributed by atoms with Crippen LogP contribution in [-0.4, -0.2) is 34.7 Å². The predicted octanol–water partition coefficient (Wildman–Crippen LogP) is 3.42. The molecule has 2 heterocycles. The third kappa shape index (κ3) is 3.61. The number of sulfonamides is 1. The molecule has 30 heavy (non-hydrogen) atoms. The van der Waals surface area contributed by atoms with Gasteiger partial charge >= 0.3 is 0 Å². The monoisotopic (exact) mass is 428 g/mol. The highest BCUT2D eigenvalue weighted by Gasteiger charge is 2.35. The Labute approximate surface area is 174 Å². The van der Waals surface area contributed by atoms with E-state index in [-0.39, 0.29) is 23.1 Å². The van der Waals surface area contributed by atoms with Crippen LogP contribution < -0.4 is 5.32 Å². The van der Waals surface area contributed by atoms with Crippen molar-refractivity contribution in [3.8, 4) is 5.69 Å². The van der Waals surface area contributed by atoms with Crippen LogP contribution in [0.5, 0.6) is 0 Å². The predicted molar refractivity (Wildman–Crippen MR) is 110 cm³/mol. The summed E-state index contributed by atoms with van der Waals surface area (Å²) in [6, 6.07) is 12.2. The number of nitrogens with zero attached hydrogens (tertiary/aromatic N) is 3. The first-order valence-corrected chi connectivity index (χ1v) is 10.9. The van der Waals surface area contributed by atoms with Crippen LogP contribution in [0.15, 0.2) is 59.8 Å². The van der Waals surface area contributed by atoms with E-state index in [1.54, 1.807) is 34.9 Å². The highest BCUT2D eigenvalue weighted by Crippen LogP contribution is 2.31. The average Bonchev–Trinajstić information content (AvgIpc) is 3.07. The van der Waals surface area contributed by atoms with Crippen LogP contribution in [0.3, 0.4) is 0 Å². The summed E-state index contributed by atoms with van der Waals surface area (Å²) in [7, 11) is -3.76. The molecule has 0 saturated carbocycles. The van der Waals surface area contributed by atoms with E-state index in [0.29, 0.717) is 23.6 Å². The van der Waals surface area contributed by atoms with Crippen molar-refractivity contribution in [1.29, 1.82) is 0 Å². The van der Waals surface area contributed by atoms with Gasteiger partial charge in [-0.1, -0.05) is 32.0 Å². The Morgan fingerprint density at radius 3 is 2.70 bits per heavy atom. The zero-order chi connectivity index (χ0) is 21.5. The third-order valence-corrected chi connectivity index (χ3v) is 6.66. The lowest BCUT2D eigenvalue weighted by Crippen LogP contribution is -2.33. The lowest BCUT2D eigenvalue weighted by atomic mass is 10.2.